The van der Waals surface area contributed by atoms with Crippen LogP contribution in [0.4, 0.5) is 5.69 Å². The summed E-state index contributed by atoms with van der Waals surface area (Å²) in [7, 11) is -2.11. The molecule has 1 aliphatic rings. The maximum Gasteiger partial charge on any atom is 0.285 e. The average molecular weight is 424 g/mol. The van der Waals surface area contributed by atoms with Crippen molar-refractivity contribution < 1.29 is 17.6 Å². The summed E-state index contributed by atoms with van der Waals surface area (Å²) in [6, 6.07) is 13.7. The molecule has 0 bridgehead atoms. The monoisotopic (exact) mass is 424 g/mol. The third kappa shape index (κ3) is 3.71. The lowest BCUT2D eigenvalue weighted by atomic mass is 10.2. The Hall–Kier alpha value is -3.46. The Bertz CT molecular complexity index is 1260. The van der Waals surface area contributed by atoms with Crippen molar-refractivity contribution in [1.29, 1.82) is 0 Å². The molecule has 9 heteroatoms. The number of fused-ring (bicyclic) bond motifs is 1. The van der Waals surface area contributed by atoms with E-state index in [4.69, 9.17) is 4.42 Å². The quantitative estimate of drug-likeness (QED) is 0.690. The number of sulfonamides is 1. The number of aryl methyl sites for hydroxylation is 2. The summed E-state index contributed by atoms with van der Waals surface area (Å²) in [5.41, 5.74) is 2.64. The lowest BCUT2D eigenvalue weighted by Crippen LogP contribution is -2.34. The van der Waals surface area contributed by atoms with E-state index in [9.17, 15) is 13.2 Å². The van der Waals surface area contributed by atoms with E-state index in [0.717, 1.165) is 17.0 Å². The zero-order valence-electron chi connectivity index (χ0n) is 16.7. The van der Waals surface area contributed by atoms with Gasteiger partial charge in [-0.05, 0) is 44.2 Å². The Morgan fingerprint density at radius 1 is 1.13 bits per heavy atom. The van der Waals surface area contributed by atoms with Gasteiger partial charge in [-0.15, -0.1) is 4.40 Å². The van der Waals surface area contributed by atoms with Gasteiger partial charge in [0.1, 0.15) is 10.7 Å². The van der Waals surface area contributed by atoms with E-state index in [1.165, 1.54) is 11.0 Å². The van der Waals surface area contributed by atoms with Crippen LogP contribution in [0.15, 0.2) is 62.2 Å². The number of amidine groups is 1. The molecule has 0 aliphatic carbocycles. The van der Waals surface area contributed by atoms with E-state index in [-0.39, 0.29) is 23.2 Å². The second-order valence-electron chi connectivity index (χ2n) is 7.03. The first kappa shape index (κ1) is 19.8. The van der Waals surface area contributed by atoms with Gasteiger partial charge < -0.3 is 14.6 Å². The first-order chi connectivity index (χ1) is 14.2. The van der Waals surface area contributed by atoms with Gasteiger partial charge in [-0.1, -0.05) is 18.2 Å². The van der Waals surface area contributed by atoms with Crippen molar-refractivity contribution in [3.8, 4) is 11.5 Å². The maximum absolute atomic E-state index is 12.6. The van der Waals surface area contributed by atoms with Crippen LogP contribution in [0, 0.1) is 13.8 Å². The third-order valence-corrected chi connectivity index (χ3v) is 6.10. The third-order valence-electron chi connectivity index (χ3n) is 4.78. The fraction of sp³-hybridized carbons (Fsp3) is 0.190. The fourth-order valence-corrected chi connectivity index (χ4v) is 4.43. The highest BCUT2D eigenvalue weighted by Gasteiger charge is 2.30. The molecule has 8 nitrogen and oxygen atoms in total. The lowest BCUT2D eigenvalue weighted by molar-refractivity contribution is -0.116. The molecule has 0 fully saturated rings. The molecular formula is C21H20N4O4S. The van der Waals surface area contributed by atoms with E-state index >= 15 is 0 Å². The molecule has 30 heavy (non-hydrogen) atoms. The molecule has 4 rings (SSSR count). The Kier molecular flexibility index (Phi) is 4.90. The van der Waals surface area contributed by atoms with Crippen molar-refractivity contribution in [2.24, 2.45) is 4.40 Å². The molecule has 154 valence electrons. The number of oxazole rings is 1. The molecule has 2 aromatic carbocycles. The summed E-state index contributed by atoms with van der Waals surface area (Å²) in [5, 5.41) is 2.82. The summed E-state index contributed by atoms with van der Waals surface area (Å²) in [6.07, 6.45) is 0. The average Bonchev–Trinajstić information content (AvgIpc) is 3.18. The highest BCUT2D eigenvalue weighted by Crippen LogP contribution is 2.27. The van der Waals surface area contributed by atoms with Crippen LogP contribution in [-0.4, -0.2) is 43.6 Å². The van der Waals surface area contributed by atoms with Crippen molar-refractivity contribution in [3.63, 3.8) is 0 Å². The number of rotatable bonds is 4. The van der Waals surface area contributed by atoms with Gasteiger partial charge in [0, 0.05) is 23.9 Å². The predicted molar refractivity (Wildman–Crippen MR) is 113 cm³/mol. The van der Waals surface area contributed by atoms with Crippen LogP contribution in [0.25, 0.3) is 11.5 Å². The lowest BCUT2D eigenvalue weighted by Gasteiger charge is -2.18. The number of nitrogens with one attached hydrogen (secondary N) is 1. The summed E-state index contributed by atoms with van der Waals surface area (Å²) >= 11 is 0. The number of carbonyl (C=O) groups is 1. The number of hydrogen-bond donors (Lipinski definition) is 1. The Morgan fingerprint density at radius 3 is 2.63 bits per heavy atom. The number of amides is 1. The molecule has 0 atom stereocenters. The van der Waals surface area contributed by atoms with Crippen LogP contribution >= 0.6 is 0 Å². The van der Waals surface area contributed by atoms with Gasteiger partial charge in [0.25, 0.3) is 10.0 Å². The largest absolute Gasteiger partial charge is 0.441 e. The standard InChI is InChI=1S/C21H20N4O4S/c1-13-14(2)29-21(22-13)15-7-6-8-16(11-15)23-19(26)12-25(3)20-17-9-4-5-10-18(17)30(27,28)24-20/h4-11H,12H2,1-3H3,(H,23,26). The minimum absolute atomic E-state index is 0.0653. The Balaban J connectivity index is 1.49. The van der Waals surface area contributed by atoms with E-state index < -0.39 is 10.0 Å². The van der Waals surface area contributed by atoms with Gasteiger partial charge >= 0.3 is 0 Å². The molecule has 1 aliphatic heterocycles. The molecule has 0 saturated carbocycles. The number of aromatic nitrogens is 1. The van der Waals surface area contributed by atoms with Crippen LogP contribution in [0.1, 0.15) is 17.0 Å². The smallest absolute Gasteiger partial charge is 0.285 e. The summed E-state index contributed by atoms with van der Waals surface area (Å²) in [4.78, 5) is 18.6. The normalized spacial score (nSPS) is 14.2. The molecular weight excluding hydrogens is 404 g/mol. The van der Waals surface area contributed by atoms with Crippen LogP contribution in [0.3, 0.4) is 0 Å². The molecule has 1 amide bonds. The van der Waals surface area contributed by atoms with Crippen LogP contribution < -0.4 is 5.32 Å². The van der Waals surface area contributed by atoms with Crippen molar-refractivity contribution >= 4 is 27.5 Å². The molecule has 0 radical (unpaired) electrons. The van der Waals surface area contributed by atoms with Crippen molar-refractivity contribution in [2.75, 3.05) is 18.9 Å². The zero-order valence-corrected chi connectivity index (χ0v) is 17.5. The molecule has 1 aromatic heterocycles. The highest BCUT2D eigenvalue weighted by atomic mass is 32.2. The van der Waals surface area contributed by atoms with E-state index in [1.807, 2.05) is 19.9 Å². The number of benzene rings is 2. The number of anilines is 1. The highest BCUT2D eigenvalue weighted by molar-refractivity contribution is 7.90. The predicted octanol–water partition coefficient (Wildman–Crippen LogP) is 2.98. The number of carbonyl (C=O) groups excluding carboxylic acids is 1. The first-order valence-corrected chi connectivity index (χ1v) is 10.7. The summed E-state index contributed by atoms with van der Waals surface area (Å²) in [6.45, 7) is 3.65. The van der Waals surface area contributed by atoms with Crippen LogP contribution in [0.5, 0.6) is 0 Å². The molecule has 0 unspecified atom stereocenters. The van der Waals surface area contributed by atoms with Crippen molar-refractivity contribution in [1.82, 2.24) is 9.88 Å². The fourth-order valence-electron chi connectivity index (χ4n) is 3.18. The van der Waals surface area contributed by atoms with Gasteiger partial charge in [-0.2, -0.15) is 8.42 Å². The number of hydrogen-bond acceptors (Lipinski definition) is 6. The number of likely N-dealkylation sites (N-methyl/N-ethyl adjacent to an activating group) is 1. The second kappa shape index (κ2) is 7.42. The minimum Gasteiger partial charge on any atom is -0.441 e. The van der Waals surface area contributed by atoms with E-state index in [1.54, 1.807) is 43.4 Å². The summed E-state index contributed by atoms with van der Waals surface area (Å²) < 4.78 is 33.9. The molecule has 2 heterocycles. The van der Waals surface area contributed by atoms with Crippen LogP contribution in [0.2, 0.25) is 0 Å². The second-order valence-corrected chi connectivity index (χ2v) is 8.60. The first-order valence-electron chi connectivity index (χ1n) is 9.24. The molecule has 0 saturated heterocycles. The Labute approximate surface area is 174 Å². The zero-order chi connectivity index (χ0) is 21.5. The van der Waals surface area contributed by atoms with Gasteiger partial charge in [0.05, 0.1) is 12.2 Å². The van der Waals surface area contributed by atoms with Crippen molar-refractivity contribution in [2.45, 2.75) is 18.7 Å². The topological polar surface area (TPSA) is 105 Å². The maximum atomic E-state index is 12.6. The van der Waals surface area contributed by atoms with Gasteiger partial charge in [-0.25, -0.2) is 4.98 Å². The van der Waals surface area contributed by atoms with Gasteiger partial charge in [-0.3, -0.25) is 4.79 Å². The molecule has 0 spiro atoms. The molecule has 1 N–H and O–H groups in total. The Morgan fingerprint density at radius 2 is 1.90 bits per heavy atom. The van der Waals surface area contributed by atoms with E-state index in [2.05, 4.69) is 14.7 Å². The van der Waals surface area contributed by atoms with E-state index in [0.29, 0.717) is 17.1 Å². The SMILES string of the molecule is Cc1nc(-c2cccc(NC(=O)CN(C)C3=NS(=O)(=O)c4ccccc43)c2)oc1C. The molecule has 3 aromatic rings. The number of nitrogens with zero attached hydrogens (tertiary/aromatic N) is 3. The summed E-state index contributed by atoms with van der Waals surface area (Å²) in [5.74, 6) is 1.17. The minimum atomic E-state index is -3.74. The van der Waals surface area contributed by atoms with Gasteiger partial charge in [0.2, 0.25) is 11.8 Å². The van der Waals surface area contributed by atoms with Crippen molar-refractivity contribution in [3.05, 3.63) is 65.5 Å². The van der Waals surface area contributed by atoms with Gasteiger partial charge in [0.15, 0.2) is 5.84 Å². The van der Waals surface area contributed by atoms with Crippen LogP contribution in [-0.2, 0) is 14.8 Å².